The van der Waals surface area contributed by atoms with Gasteiger partial charge in [-0.1, -0.05) is 0 Å². The molecule has 1 aliphatic heterocycles. The number of carbonyl (C=O) groups is 1. The molecule has 6 heteroatoms. The Hall–Kier alpha value is -2.05. The number of carbonyl (C=O) groups excluding carboxylic acids is 1. The molecule has 2 aromatic rings. The second-order valence-electron chi connectivity index (χ2n) is 4.87. The molecule has 3 rings (SSSR count). The van der Waals surface area contributed by atoms with E-state index in [1.807, 2.05) is 12.1 Å². The lowest BCUT2D eigenvalue weighted by atomic mass is 10.1. The van der Waals surface area contributed by atoms with Gasteiger partial charge < -0.3 is 18.9 Å². The zero-order chi connectivity index (χ0) is 14.5. The van der Waals surface area contributed by atoms with E-state index in [-0.39, 0.29) is 11.9 Å². The largest absolute Gasteiger partial charge is 0.468 e. The van der Waals surface area contributed by atoms with E-state index >= 15 is 0 Å². The number of nitrogens with zero attached hydrogens (tertiary/aromatic N) is 1. The zero-order valence-corrected chi connectivity index (χ0v) is 11.7. The Balaban J connectivity index is 1.66. The molecule has 6 nitrogen and oxygen atoms in total. The van der Waals surface area contributed by atoms with E-state index in [0.29, 0.717) is 25.5 Å². The van der Waals surface area contributed by atoms with E-state index in [2.05, 4.69) is 10.2 Å². The monoisotopic (exact) mass is 290 g/mol. The molecular formula is C15H18N2O4. The SMILES string of the molecule is O=C(NC[C@H](c1ccco1)N1CCOCC1)c1ccco1. The molecule has 1 atom stereocenters. The number of hydrogen-bond donors (Lipinski definition) is 1. The van der Waals surface area contributed by atoms with Gasteiger partial charge in [0.05, 0.1) is 31.8 Å². The van der Waals surface area contributed by atoms with Gasteiger partial charge in [-0.15, -0.1) is 0 Å². The summed E-state index contributed by atoms with van der Waals surface area (Å²) in [5, 5.41) is 2.90. The van der Waals surface area contributed by atoms with Gasteiger partial charge in [0.15, 0.2) is 5.76 Å². The highest BCUT2D eigenvalue weighted by molar-refractivity contribution is 5.91. The van der Waals surface area contributed by atoms with Crippen molar-refractivity contribution in [1.29, 1.82) is 0 Å². The summed E-state index contributed by atoms with van der Waals surface area (Å²) in [5.41, 5.74) is 0. The Labute approximate surface area is 122 Å². The van der Waals surface area contributed by atoms with E-state index in [4.69, 9.17) is 13.6 Å². The minimum absolute atomic E-state index is 0.00260. The van der Waals surface area contributed by atoms with Crippen LogP contribution in [0, 0.1) is 0 Å². The Morgan fingerprint density at radius 1 is 1.19 bits per heavy atom. The smallest absolute Gasteiger partial charge is 0.287 e. The molecule has 1 aliphatic rings. The third-order valence-corrected chi connectivity index (χ3v) is 3.56. The molecule has 112 valence electrons. The lowest BCUT2D eigenvalue weighted by Gasteiger charge is -2.33. The second kappa shape index (κ2) is 6.60. The van der Waals surface area contributed by atoms with Crippen LogP contribution in [0.1, 0.15) is 22.4 Å². The Kier molecular flexibility index (Phi) is 4.37. The first-order valence-electron chi connectivity index (χ1n) is 7.01. The molecule has 1 saturated heterocycles. The van der Waals surface area contributed by atoms with Gasteiger partial charge in [0.25, 0.3) is 5.91 Å². The fourth-order valence-electron chi connectivity index (χ4n) is 2.46. The fraction of sp³-hybridized carbons (Fsp3) is 0.400. The predicted molar refractivity (Wildman–Crippen MR) is 74.9 cm³/mol. The maximum Gasteiger partial charge on any atom is 0.287 e. The van der Waals surface area contributed by atoms with Gasteiger partial charge in [0.2, 0.25) is 0 Å². The van der Waals surface area contributed by atoms with Crippen LogP contribution < -0.4 is 5.32 Å². The Morgan fingerprint density at radius 2 is 1.95 bits per heavy atom. The Morgan fingerprint density at radius 3 is 2.62 bits per heavy atom. The molecule has 0 unspecified atom stereocenters. The summed E-state index contributed by atoms with van der Waals surface area (Å²) in [7, 11) is 0. The van der Waals surface area contributed by atoms with Crippen LogP contribution >= 0.6 is 0 Å². The Bertz CT molecular complexity index is 544. The summed E-state index contributed by atoms with van der Waals surface area (Å²) in [6, 6.07) is 7.13. The van der Waals surface area contributed by atoms with Crippen molar-refractivity contribution in [3.8, 4) is 0 Å². The highest BCUT2D eigenvalue weighted by atomic mass is 16.5. The first-order chi connectivity index (χ1) is 10.3. The average molecular weight is 290 g/mol. The maximum atomic E-state index is 12.0. The number of rotatable bonds is 5. The van der Waals surface area contributed by atoms with Crippen LogP contribution in [0.3, 0.4) is 0 Å². The van der Waals surface area contributed by atoms with Crippen LogP contribution in [0.2, 0.25) is 0 Å². The maximum absolute atomic E-state index is 12.0. The standard InChI is InChI=1S/C15H18N2O4/c18-15(14-4-2-8-21-14)16-11-12(13-3-1-7-20-13)17-5-9-19-10-6-17/h1-4,7-8,12H,5-6,9-11H2,(H,16,18)/t12-/m1/s1. The molecule has 0 aliphatic carbocycles. The molecule has 3 heterocycles. The molecule has 0 saturated carbocycles. The summed E-state index contributed by atoms with van der Waals surface area (Å²) in [6.07, 6.45) is 3.14. The van der Waals surface area contributed by atoms with Gasteiger partial charge in [-0.3, -0.25) is 9.69 Å². The number of ether oxygens (including phenoxy) is 1. The molecule has 0 aromatic carbocycles. The first kappa shape index (κ1) is 13.9. The molecule has 1 fully saturated rings. The van der Waals surface area contributed by atoms with Crippen molar-refractivity contribution in [3.63, 3.8) is 0 Å². The minimum atomic E-state index is -0.218. The van der Waals surface area contributed by atoms with Crippen molar-refractivity contribution < 1.29 is 18.4 Å². The lowest BCUT2D eigenvalue weighted by Crippen LogP contribution is -2.43. The third kappa shape index (κ3) is 3.34. The molecule has 1 amide bonds. The van der Waals surface area contributed by atoms with E-state index in [1.165, 1.54) is 6.26 Å². The normalized spacial score (nSPS) is 17.5. The van der Waals surface area contributed by atoms with Crippen LogP contribution in [0.5, 0.6) is 0 Å². The third-order valence-electron chi connectivity index (χ3n) is 3.56. The van der Waals surface area contributed by atoms with Crippen LogP contribution in [-0.4, -0.2) is 43.7 Å². The fourth-order valence-corrected chi connectivity index (χ4v) is 2.46. The van der Waals surface area contributed by atoms with Crippen molar-refractivity contribution >= 4 is 5.91 Å². The van der Waals surface area contributed by atoms with Crippen molar-refractivity contribution in [2.75, 3.05) is 32.8 Å². The summed E-state index contributed by atoms with van der Waals surface area (Å²) >= 11 is 0. The van der Waals surface area contributed by atoms with Gasteiger partial charge in [-0.25, -0.2) is 0 Å². The summed E-state index contributed by atoms with van der Waals surface area (Å²) in [5.74, 6) is 0.941. The predicted octanol–water partition coefficient (Wildman–Crippen LogP) is 1.68. The van der Waals surface area contributed by atoms with Crippen LogP contribution in [0.4, 0.5) is 0 Å². The topological polar surface area (TPSA) is 67.9 Å². The summed E-state index contributed by atoms with van der Waals surface area (Å²) in [6.45, 7) is 3.50. The van der Waals surface area contributed by atoms with Gasteiger partial charge in [-0.05, 0) is 24.3 Å². The summed E-state index contributed by atoms with van der Waals surface area (Å²) in [4.78, 5) is 14.2. The highest BCUT2D eigenvalue weighted by Gasteiger charge is 2.25. The number of amides is 1. The van der Waals surface area contributed by atoms with E-state index in [1.54, 1.807) is 18.4 Å². The number of hydrogen-bond acceptors (Lipinski definition) is 5. The lowest BCUT2D eigenvalue weighted by molar-refractivity contribution is 0.0117. The first-order valence-corrected chi connectivity index (χ1v) is 7.01. The van der Waals surface area contributed by atoms with Crippen molar-refractivity contribution in [1.82, 2.24) is 10.2 Å². The number of morpholine rings is 1. The summed E-state index contributed by atoms with van der Waals surface area (Å²) < 4.78 is 16.0. The molecular weight excluding hydrogens is 272 g/mol. The average Bonchev–Trinajstić information content (AvgIpc) is 3.22. The van der Waals surface area contributed by atoms with Crippen LogP contribution in [0.15, 0.2) is 45.6 Å². The quantitative estimate of drug-likeness (QED) is 0.907. The molecule has 1 N–H and O–H groups in total. The van der Waals surface area contributed by atoms with E-state index in [0.717, 1.165) is 18.8 Å². The van der Waals surface area contributed by atoms with E-state index in [9.17, 15) is 4.79 Å². The van der Waals surface area contributed by atoms with E-state index < -0.39 is 0 Å². The van der Waals surface area contributed by atoms with Gasteiger partial charge >= 0.3 is 0 Å². The van der Waals surface area contributed by atoms with Gasteiger partial charge in [-0.2, -0.15) is 0 Å². The van der Waals surface area contributed by atoms with Crippen molar-refractivity contribution in [2.24, 2.45) is 0 Å². The van der Waals surface area contributed by atoms with Gasteiger partial charge in [0, 0.05) is 19.6 Å². The highest BCUT2D eigenvalue weighted by Crippen LogP contribution is 2.21. The molecule has 0 spiro atoms. The van der Waals surface area contributed by atoms with Crippen LogP contribution in [0.25, 0.3) is 0 Å². The molecule has 0 radical (unpaired) electrons. The molecule has 0 bridgehead atoms. The molecule has 21 heavy (non-hydrogen) atoms. The van der Waals surface area contributed by atoms with Crippen molar-refractivity contribution in [2.45, 2.75) is 6.04 Å². The minimum Gasteiger partial charge on any atom is -0.468 e. The molecule has 2 aromatic heterocycles. The number of nitrogens with one attached hydrogen (secondary N) is 1. The number of furan rings is 2. The van der Waals surface area contributed by atoms with Gasteiger partial charge in [0.1, 0.15) is 5.76 Å². The van der Waals surface area contributed by atoms with Crippen LogP contribution in [-0.2, 0) is 4.74 Å². The second-order valence-corrected chi connectivity index (χ2v) is 4.87. The zero-order valence-electron chi connectivity index (χ0n) is 11.7. The van der Waals surface area contributed by atoms with Crippen molar-refractivity contribution in [3.05, 3.63) is 48.3 Å².